The van der Waals surface area contributed by atoms with Crippen molar-refractivity contribution in [3.63, 3.8) is 0 Å². The Morgan fingerprint density at radius 2 is 1.77 bits per heavy atom. The van der Waals surface area contributed by atoms with Gasteiger partial charge in [-0.25, -0.2) is 13.2 Å². The first-order valence-corrected chi connectivity index (χ1v) is 6.33. The molecule has 0 saturated heterocycles. The molecule has 2 rings (SSSR count). The van der Waals surface area contributed by atoms with Gasteiger partial charge in [0, 0.05) is 23.4 Å². The van der Waals surface area contributed by atoms with Gasteiger partial charge in [-0.2, -0.15) is 0 Å². The fraction of sp³-hybridized carbons (Fsp3) is 0.133. The average Bonchev–Trinajstić information content (AvgIpc) is 2.39. The van der Waals surface area contributed by atoms with Crippen LogP contribution in [0, 0.1) is 17.5 Å². The molecule has 2 aromatic carbocycles. The van der Waals surface area contributed by atoms with Gasteiger partial charge >= 0.3 is 0 Å². The van der Waals surface area contributed by atoms with Crippen LogP contribution < -0.4 is 11.1 Å². The van der Waals surface area contributed by atoms with Gasteiger partial charge in [0.15, 0.2) is 0 Å². The van der Waals surface area contributed by atoms with Crippen molar-refractivity contribution in [2.45, 2.75) is 13.0 Å². The molecule has 0 aliphatic rings. The van der Waals surface area contributed by atoms with Crippen molar-refractivity contribution < 1.29 is 23.1 Å². The molecular formula is C15H13F3N2O2. The first-order valence-electron chi connectivity index (χ1n) is 6.33. The third kappa shape index (κ3) is 3.13. The second-order valence-corrected chi connectivity index (χ2v) is 4.74. The number of benzene rings is 2. The quantitative estimate of drug-likeness (QED) is 0.760. The second-order valence-electron chi connectivity index (χ2n) is 4.74. The second kappa shape index (κ2) is 5.97. The molecule has 1 unspecified atom stereocenters. The Kier molecular flexibility index (Phi) is 4.25. The molecule has 0 fully saturated rings. The molecule has 0 aromatic heterocycles. The van der Waals surface area contributed by atoms with Gasteiger partial charge in [0.05, 0.1) is 11.6 Å². The van der Waals surface area contributed by atoms with E-state index in [1.807, 2.05) is 0 Å². The molecule has 1 amide bonds. The van der Waals surface area contributed by atoms with Gasteiger partial charge < -0.3 is 16.2 Å². The number of anilines is 1. The molecule has 1 atom stereocenters. The van der Waals surface area contributed by atoms with E-state index in [4.69, 9.17) is 5.73 Å². The third-order valence-corrected chi connectivity index (χ3v) is 3.12. The van der Waals surface area contributed by atoms with Crippen molar-refractivity contribution in [3.05, 3.63) is 58.9 Å². The molecule has 0 heterocycles. The van der Waals surface area contributed by atoms with E-state index in [1.54, 1.807) is 0 Å². The number of hydrogen-bond donors (Lipinski definition) is 3. The number of hydrogen-bond acceptors (Lipinski definition) is 3. The lowest BCUT2D eigenvalue weighted by Gasteiger charge is -2.19. The molecule has 7 heteroatoms. The Hall–Kier alpha value is -2.70. The summed E-state index contributed by atoms with van der Waals surface area (Å²) in [4.78, 5) is 11.3. The van der Waals surface area contributed by atoms with Gasteiger partial charge in [-0.15, -0.1) is 0 Å². The Morgan fingerprint density at radius 3 is 2.32 bits per heavy atom. The van der Waals surface area contributed by atoms with Gasteiger partial charge in [0.1, 0.15) is 23.2 Å². The molecular weight excluding hydrogens is 297 g/mol. The van der Waals surface area contributed by atoms with Gasteiger partial charge in [-0.1, -0.05) is 0 Å². The highest BCUT2D eigenvalue weighted by Gasteiger charge is 2.19. The first kappa shape index (κ1) is 15.7. The number of primary amides is 1. The highest BCUT2D eigenvalue weighted by molar-refractivity contribution is 5.99. The Morgan fingerprint density at radius 1 is 1.18 bits per heavy atom. The largest absolute Gasteiger partial charge is 0.508 e. The minimum atomic E-state index is -1.04. The molecule has 0 saturated carbocycles. The van der Waals surface area contributed by atoms with Crippen LogP contribution >= 0.6 is 0 Å². The average molecular weight is 310 g/mol. The Labute approximate surface area is 124 Å². The summed E-state index contributed by atoms with van der Waals surface area (Å²) in [5.41, 5.74) is 4.98. The number of carbonyl (C=O) groups excluding carboxylic acids is 1. The molecule has 0 aliphatic carbocycles. The number of aromatic hydroxyl groups is 1. The zero-order valence-corrected chi connectivity index (χ0v) is 11.5. The minimum Gasteiger partial charge on any atom is -0.508 e. The van der Waals surface area contributed by atoms with Crippen LogP contribution in [-0.2, 0) is 0 Å². The Bertz CT molecular complexity index is 712. The third-order valence-electron chi connectivity index (χ3n) is 3.12. The number of amides is 1. The molecule has 0 spiro atoms. The lowest BCUT2D eigenvalue weighted by Crippen LogP contribution is -2.17. The number of phenols is 1. The fourth-order valence-electron chi connectivity index (χ4n) is 2.13. The number of nitrogens with two attached hydrogens (primary N) is 1. The van der Waals surface area contributed by atoms with Crippen molar-refractivity contribution in [1.29, 1.82) is 0 Å². The van der Waals surface area contributed by atoms with E-state index in [1.165, 1.54) is 19.1 Å². The standard InChI is InChI=1S/C15H13F3N2O2/c1-7(14-11(17)4-8(16)5-12(14)18)20-13-3-2-9(21)6-10(13)15(19)22/h2-7,20-21H,1H3,(H2,19,22). The summed E-state index contributed by atoms with van der Waals surface area (Å²) in [6.45, 7) is 1.44. The zero-order valence-electron chi connectivity index (χ0n) is 11.5. The van der Waals surface area contributed by atoms with Gasteiger partial charge in [0.25, 0.3) is 5.91 Å². The molecule has 4 nitrogen and oxygen atoms in total. The highest BCUT2D eigenvalue weighted by Crippen LogP contribution is 2.28. The summed E-state index contributed by atoms with van der Waals surface area (Å²) in [6.07, 6.45) is 0. The fourth-order valence-corrected chi connectivity index (χ4v) is 2.13. The van der Waals surface area contributed by atoms with E-state index < -0.39 is 29.4 Å². The molecule has 0 bridgehead atoms. The topological polar surface area (TPSA) is 75.3 Å². The van der Waals surface area contributed by atoms with Crippen molar-refractivity contribution >= 4 is 11.6 Å². The van der Waals surface area contributed by atoms with E-state index in [2.05, 4.69) is 5.32 Å². The number of phenolic OH excluding ortho intramolecular Hbond substituents is 1. The molecule has 4 N–H and O–H groups in total. The molecule has 116 valence electrons. The summed E-state index contributed by atoms with van der Waals surface area (Å²) in [5.74, 6) is -4.10. The van der Waals surface area contributed by atoms with Crippen LogP contribution in [0.25, 0.3) is 0 Å². The predicted molar refractivity (Wildman–Crippen MR) is 75.0 cm³/mol. The van der Waals surface area contributed by atoms with Crippen molar-refractivity contribution in [1.82, 2.24) is 0 Å². The van der Waals surface area contributed by atoms with E-state index >= 15 is 0 Å². The van der Waals surface area contributed by atoms with Crippen molar-refractivity contribution in [2.75, 3.05) is 5.32 Å². The normalized spacial score (nSPS) is 12.0. The van der Waals surface area contributed by atoms with E-state index in [0.29, 0.717) is 12.1 Å². The maximum Gasteiger partial charge on any atom is 0.250 e. The van der Waals surface area contributed by atoms with Crippen LogP contribution in [0.3, 0.4) is 0 Å². The maximum atomic E-state index is 13.7. The van der Waals surface area contributed by atoms with Crippen molar-refractivity contribution in [3.8, 4) is 5.75 Å². The minimum absolute atomic E-state index is 0.0326. The van der Waals surface area contributed by atoms with Crippen LogP contribution in [0.2, 0.25) is 0 Å². The number of nitrogens with one attached hydrogen (secondary N) is 1. The van der Waals surface area contributed by atoms with Crippen LogP contribution in [0.1, 0.15) is 28.9 Å². The van der Waals surface area contributed by atoms with E-state index in [0.717, 1.165) is 6.07 Å². The highest BCUT2D eigenvalue weighted by atomic mass is 19.1. The van der Waals surface area contributed by atoms with Gasteiger partial charge in [-0.3, -0.25) is 4.79 Å². The zero-order chi connectivity index (χ0) is 16.4. The summed E-state index contributed by atoms with van der Waals surface area (Å²) >= 11 is 0. The number of carbonyl (C=O) groups is 1. The number of rotatable bonds is 4. The maximum absolute atomic E-state index is 13.7. The van der Waals surface area contributed by atoms with E-state index in [-0.39, 0.29) is 22.6 Å². The first-order chi connectivity index (χ1) is 10.3. The van der Waals surface area contributed by atoms with E-state index in [9.17, 15) is 23.1 Å². The summed E-state index contributed by atoms with van der Waals surface area (Å²) in [6, 6.07) is 4.02. The SMILES string of the molecule is CC(Nc1ccc(O)cc1C(N)=O)c1c(F)cc(F)cc1F. The summed E-state index contributed by atoms with van der Waals surface area (Å²) in [5, 5.41) is 12.1. The smallest absolute Gasteiger partial charge is 0.250 e. The van der Waals surface area contributed by atoms with Crippen LogP contribution in [0.15, 0.2) is 30.3 Å². The van der Waals surface area contributed by atoms with Crippen molar-refractivity contribution in [2.24, 2.45) is 5.73 Å². The molecule has 2 aromatic rings. The Balaban J connectivity index is 2.38. The number of halogens is 3. The lowest BCUT2D eigenvalue weighted by atomic mass is 10.0. The van der Waals surface area contributed by atoms with Crippen LogP contribution in [0.4, 0.5) is 18.9 Å². The van der Waals surface area contributed by atoms with Gasteiger partial charge in [0.2, 0.25) is 0 Å². The van der Waals surface area contributed by atoms with Crippen LogP contribution in [-0.4, -0.2) is 11.0 Å². The van der Waals surface area contributed by atoms with Crippen LogP contribution in [0.5, 0.6) is 5.75 Å². The monoisotopic (exact) mass is 310 g/mol. The summed E-state index contributed by atoms with van der Waals surface area (Å²) < 4.78 is 40.4. The molecule has 0 aliphatic heterocycles. The lowest BCUT2D eigenvalue weighted by molar-refractivity contribution is 0.100. The predicted octanol–water partition coefficient (Wildman–Crippen LogP) is 3.08. The molecule has 22 heavy (non-hydrogen) atoms. The van der Waals surface area contributed by atoms with Gasteiger partial charge in [-0.05, 0) is 25.1 Å². The molecule has 0 radical (unpaired) electrons. The summed E-state index contributed by atoms with van der Waals surface area (Å²) in [7, 11) is 0.